The van der Waals surface area contributed by atoms with E-state index in [-0.39, 0.29) is 5.38 Å². The number of halogens is 2. The van der Waals surface area contributed by atoms with Crippen LogP contribution in [-0.2, 0) is 7.05 Å². The molecule has 0 amide bonds. The van der Waals surface area contributed by atoms with Crippen molar-refractivity contribution < 1.29 is 0 Å². The molecule has 0 aliphatic carbocycles. The van der Waals surface area contributed by atoms with Gasteiger partial charge in [0.25, 0.3) is 0 Å². The fourth-order valence-corrected chi connectivity index (χ4v) is 2.09. The Labute approximate surface area is 101 Å². The molecule has 1 atom stereocenters. The summed E-state index contributed by atoms with van der Waals surface area (Å²) in [5, 5.41) is 7.53. The van der Waals surface area contributed by atoms with E-state index < -0.39 is 0 Å². The van der Waals surface area contributed by atoms with Gasteiger partial charge in [-0.3, -0.25) is 0 Å². The highest BCUT2D eigenvalue weighted by atomic mass is 79.9. The van der Waals surface area contributed by atoms with Crippen molar-refractivity contribution in [2.24, 2.45) is 7.05 Å². The summed E-state index contributed by atoms with van der Waals surface area (Å²) in [6, 6.07) is 7.86. The Balaban J connectivity index is 2.36. The van der Waals surface area contributed by atoms with Crippen LogP contribution in [0, 0.1) is 0 Å². The van der Waals surface area contributed by atoms with Crippen LogP contribution in [0.25, 0.3) is 0 Å². The predicted molar refractivity (Wildman–Crippen MR) is 62.8 cm³/mol. The zero-order valence-electron chi connectivity index (χ0n) is 8.06. The highest BCUT2D eigenvalue weighted by Gasteiger charge is 2.15. The van der Waals surface area contributed by atoms with Crippen LogP contribution in [0.15, 0.2) is 35.1 Å². The maximum atomic E-state index is 6.31. The van der Waals surface area contributed by atoms with Gasteiger partial charge in [0.2, 0.25) is 0 Å². The Bertz CT molecular complexity index is 469. The SMILES string of the molecule is Cn1cnnc1C(Cl)c1cccc(Br)c1. The van der Waals surface area contributed by atoms with E-state index in [9.17, 15) is 0 Å². The topological polar surface area (TPSA) is 30.7 Å². The van der Waals surface area contributed by atoms with Gasteiger partial charge in [0.15, 0.2) is 5.82 Å². The van der Waals surface area contributed by atoms with Gasteiger partial charge in [-0.2, -0.15) is 0 Å². The quantitative estimate of drug-likeness (QED) is 0.795. The molecule has 0 N–H and O–H groups in total. The van der Waals surface area contributed by atoms with Crippen molar-refractivity contribution in [1.29, 1.82) is 0 Å². The molecule has 1 unspecified atom stereocenters. The number of aromatic nitrogens is 3. The van der Waals surface area contributed by atoms with E-state index in [1.165, 1.54) is 0 Å². The number of rotatable bonds is 2. The zero-order valence-corrected chi connectivity index (χ0v) is 10.4. The molecule has 1 aromatic heterocycles. The number of hydrogen-bond donors (Lipinski definition) is 0. The smallest absolute Gasteiger partial charge is 0.155 e. The molecule has 2 rings (SSSR count). The lowest BCUT2D eigenvalue weighted by Crippen LogP contribution is -2.02. The summed E-state index contributed by atoms with van der Waals surface area (Å²) in [6.45, 7) is 0. The van der Waals surface area contributed by atoms with E-state index in [1.807, 2.05) is 35.9 Å². The fraction of sp³-hybridized carbons (Fsp3) is 0.200. The van der Waals surface area contributed by atoms with E-state index in [0.29, 0.717) is 0 Å². The van der Waals surface area contributed by atoms with Crippen LogP contribution in [0.4, 0.5) is 0 Å². The number of benzene rings is 1. The van der Waals surface area contributed by atoms with E-state index in [2.05, 4.69) is 26.1 Å². The van der Waals surface area contributed by atoms with Crippen LogP contribution in [0.1, 0.15) is 16.8 Å². The third-order valence-electron chi connectivity index (χ3n) is 2.11. The molecule has 0 bridgehead atoms. The average Bonchev–Trinajstić information content (AvgIpc) is 2.63. The van der Waals surface area contributed by atoms with E-state index >= 15 is 0 Å². The molecule has 2 aromatic rings. The standard InChI is InChI=1S/C10H9BrClN3/c1-15-6-13-14-10(15)9(12)7-3-2-4-8(11)5-7/h2-6,9H,1H3. The molecule has 0 spiro atoms. The first kappa shape index (κ1) is 10.6. The maximum absolute atomic E-state index is 6.31. The summed E-state index contributed by atoms with van der Waals surface area (Å²) in [5.74, 6) is 0.745. The number of nitrogens with zero attached hydrogens (tertiary/aromatic N) is 3. The number of hydrogen-bond acceptors (Lipinski definition) is 2. The molecule has 78 valence electrons. The molecule has 15 heavy (non-hydrogen) atoms. The number of aryl methyl sites for hydroxylation is 1. The third-order valence-corrected chi connectivity index (χ3v) is 3.05. The van der Waals surface area contributed by atoms with Gasteiger partial charge in [-0.05, 0) is 17.7 Å². The van der Waals surface area contributed by atoms with Crippen LogP contribution in [0.5, 0.6) is 0 Å². The molecule has 1 aromatic carbocycles. The van der Waals surface area contributed by atoms with Crippen molar-refractivity contribution in [2.75, 3.05) is 0 Å². The molecule has 3 nitrogen and oxygen atoms in total. The molecular weight excluding hydrogens is 277 g/mol. The van der Waals surface area contributed by atoms with Gasteiger partial charge in [-0.25, -0.2) is 0 Å². The molecule has 5 heteroatoms. The van der Waals surface area contributed by atoms with Crippen molar-refractivity contribution >= 4 is 27.5 Å². The Kier molecular flexibility index (Phi) is 3.07. The first-order chi connectivity index (χ1) is 7.18. The highest BCUT2D eigenvalue weighted by Crippen LogP contribution is 2.28. The lowest BCUT2D eigenvalue weighted by molar-refractivity contribution is 0.808. The van der Waals surface area contributed by atoms with Crippen molar-refractivity contribution in [2.45, 2.75) is 5.38 Å². The van der Waals surface area contributed by atoms with Gasteiger partial charge in [-0.1, -0.05) is 28.1 Å². The summed E-state index contributed by atoms with van der Waals surface area (Å²) in [5.41, 5.74) is 1.00. The molecule has 0 saturated heterocycles. The van der Waals surface area contributed by atoms with Gasteiger partial charge in [-0.15, -0.1) is 21.8 Å². The lowest BCUT2D eigenvalue weighted by atomic mass is 10.1. The predicted octanol–water partition coefficient (Wildman–Crippen LogP) is 2.91. The largest absolute Gasteiger partial charge is 0.319 e. The van der Waals surface area contributed by atoms with E-state index in [4.69, 9.17) is 11.6 Å². The average molecular weight is 287 g/mol. The highest BCUT2D eigenvalue weighted by molar-refractivity contribution is 9.10. The molecular formula is C10H9BrClN3. The van der Waals surface area contributed by atoms with Crippen molar-refractivity contribution in [3.05, 3.63) is 46.5 Å². The molecule has 0 aliphatic rings. The Morgan fingerprint density at radius 3 is 2.87 bits per heavy atom. The first-order valence-corrected chi connectivity index (χ1v) is 5.65. The second-order valence-electron chi connectivity index (χ2n) is 3.22. The molecule has 0 saturated carbocycles. The van der Waals surface area contributed by atoms with Crippen molar-refractivity contribution in [3.63, 3.8) is 0 Å². The molecule has 0 fully saturated rings. The number of alkyl halides is 1. The molecule has 0 aliphatic heterocycles. The summed E-state index contributed by atoms with van der Waals surface area (Å²) in [4.78, 5) is 0. The minimum absolute atomic E-state index is 0.269. The lowest BCUT2D eigenvalue weighted by Gasteiger charge is -2.08. The van der Waals surface area contributed by atoms with Gasteiger partial charge < -0.3 is 4.57 Å². The summed E-state index contributed by atoms with van der Waals surface area (Å²) in [7, 11) is 1.88. The summed E-state index contributed by atoms with van der Waals surface area (Å²) in [6.07, 6.45) is 1.64. The van der Waals surface area contributed by atoms with Gasteiger partial charge in [0, 0.05) is 11.5 Å². The van der Waals surface area contributed by atoms with E-state index in [1.54, 1.807) is 6.33 Å². The molecule has 1 heterocycles. The fourth-order valence-electron chi connectivity index (χ4n) is 1.33. The Morgan fingerprint density at radius 2 is 2.27 bits per heavy atom. The van der Waals surface area contributed by atoms with E-state index in [0.717, 1.165) is 15.9 Å². The monoisotopic (exact) mass is 285 g/mol. The minimum atomic E-state index is -0.269. The van der Waals surface area contributed by atoms with Gasteiger partial charge >= 0.3 is 0 Å². The summed E-state index contributed by atoms with van der Waals surface area (Å²) < 4.78 is 2.83. The second-order valence-corrected chi connectivity index (χ2v) is 4.57. The zero-order chi connectivity index (χ0) is 10.8. The first-order valence-electron chi connectivity index (χ1n) is 4.42. The minimum Gasteiger partial charge on any atom is -0.319 e. The van der Waals surface area contributed by atoms with Gasteiger partial charge in [0.05, 0.1) is 0 Å². The van der Waals surface area contributed by atoms with Crippen LogP contribution in [-0.4, -0.2) is 14.8 Å². The third kappa shape index (κ3) is 2.21. The van der Waals surface area contributed by atoms with Gasteiger partial charge in [0.1, 0.15) is 11.7 Å². The van der Waals surface area contributed by atoms with Crippen molar-refractivity contribution in [1.82, 2.24) is 14.8 Å². The normalized spacial score (nSPS) is 12.7. The van der Waals surface area contributed by atoms with Crippen LogP contribution in [0.3, 0.4) is 0 Å². The Morgan fingerprint density at radius 1 is 1.47 bits per heavy atom. The van der Waals surface area contributed by atoms with Crippen molar-refractivity contribution in [3.8, 4) is 0 Å². The molecule has 0 radical (unpaired) electrons. The van der Waals surface area contributed by atoms with Crippen LogP contribution >= 0.6 is 27.5 Å². The van der Waals surface area contributed by atoms with Crippen LogP contribution < -0.4 is 0 Å². The Hall–Kier alpha value is -0.870. The summed E-state index contributed by atoms with van der Waals surface area (Å²) >= 11 is 9.72. The van der Waals surface area contributed by atoms with Crippen LogP contribution in [0.2, 0.25) is 0 Å². The second kappa shape index (κ2) is 4.33. The maximum Gasteiger partial charge on any atom is 0.155 e.